The number of carbonyl (C=O) groups is 2. The molecule has 2 aromatic rings. The van der Waals surface area contributed by atoms with Gasteiger partial charge in [-0.25, -0.2) is 9.59 Å². The summed E-state index contributed by atoms with van der Waals surface area (Å²) in [5.41, 5.74) is 9.31. The maximum absolute atomic E-state index is 11.9. The van der Waals surface area contributed by atoms with Crippen LogP contribution in [-0.2, 0) is 22.6 Å². The van der Waals surface area contributed by atoms with E-state index in [9.17, 15) is 19.7 Å². The van der Waals surface area contributed by atoms with Crippen molar-refractivity contribution in [3.05, 3.63) is 56.6 Å². The van der Waals surface area contributed by atoms with Crippen molar-refractivity contribution in [2.45, 2.75) is 78.0 Å². The summed E-state index contributed by atoms with van der Waals surface area (Å²) in [5.74, 6) is 0.885. The summed E-state index contributed by atoms with van der Waals surface area (Å²) in [6.45, 7) is 13.9. The zero-order valence-electron chi connectivity index (χ0n) is 26.9. The summed E-state index contributed by atoms with van der Waals surface area (Å²) in [6.07, 6.45) is 2.41. The predicted molar refractivity (Wildman–Crippen MR) is 171 cm³/mol. The van der Waals surface area contributed by atoms with Gasteiger partial charge in [-0.2, -0.15) is 0 Å². The van der Waals surface area contributed by atoms with Gasteiger partial charge in [0.15, 0.2) is 5.75 Å². The lowest BCUT2D eigenvalue weighted by Crippen LogP contribution is -2.57. The van der Waals surface area contributed by atoms with Crippen molar-refractivity contribution in [3.8, 4) is 11.5 Å². The zero-order valence-corrected chi connectivity index (χ0v) is 26.9. The number of nitro groups is 1. The number of likely N-dealkylation sites (tertiary alicyclic amines) is 2. The number of ether oxygens (including phenoxy) is 4. The number of rotatable bonds is 5. The van der Waals surface area contributed by atoms with Crippen LogP contribution in [0.4, 0.5) is 21.0 Å². The van der Waals surface area contributed by atoms with Crippen LogP contribution in [0.25, 0.3) is 0 Å². The Morgan fingerprint density at radius 2 is 1.22 bits per heavy atom. The van der Waals surface area contributed by atoms with E-state index in [1.54, 1.807) is 38.0 Å². The highest BCUT2D eigenvalue weighted by atomic mass is 16.6. The van der Waals surface area contributed by atoms with Crippen LogP contribution in [0, 0.1) is 10.1 Å². The van der Waals surface area contributed by atoms with Crippen molar-refractivity contribution in [2.24, 2.45) is 9.98 Å². The van der Waals surface area contributed by atoms with Gasteiger partial charge in [0, 0.05) is 24.1 Å². The van der Waals surface area contributed by atoms with E-state index in [1.807, 2.05) is 39.1 Å². The summed E-state index contributed by atoms with van der Waals surface area (Å²) < 4.78 is 22.2. The molecule has 0 aromatic heterocycles. The van der Waals surface area contributed by atoms with E-state index in [-0.39, 0.29) is 29.7 Å². The lowest BCUT2D eigenvalue weighted by Gasteiger charge is -2.39. The molecule has 0 unspecified atom stereocenters. The fraction of sp³-hybridized carbons (Fsp3) is 0.500. The van der Waals surface area contributed by atoms with Gasteiger partial charge in [-0.3, -0.25) is 20.1 Å². The molecule has 2 amide bonds. The SMILES string of the molecule is CC(C)(C)OC(=O)N1CC(Oc2cc3c(cc2N)C=NC3)C1.CC(C)(C)OC(=O)N1CC(Oc2cc3c(cc2[N+](=O)[O-])C=NC3)C1. The lowest BCUT2D eigenvalue weighted by molar-refractivity contribution is -0.386. The minimum absolute atomic E-state index is 0.0461. The number of nitrogen functional groups attached to an aromatic ring is 1. The molecule has 4 heterocycles. The highest BCUT2D eigenvalue weighted by Gasteiger charge is 2.37. The number of hydrogen-bond acceptors (Lipinski definition) is 11. The molecule has 4 aliphatic heterocycles. The summed E-state index contributed by atoms with van der Waals surface area (Å²) in [6, 6.07) is 6.96. The maximum atomic E-state index is 11.9. The molecule has 0 atom stereocenters. The van der Waals surface area contributed by atoms with E-state index in [0.29, 0.717) is 50.7 Å². The number of fused-ring (bicyclic) bond motifs is 2. The number of nitrogens with two attached hydrogens (primary N) is 1. The molecule has 2 N–H and O–H groups in total. The maximum Gasteiger partial charge on any atom is 0.410 e. The van der Waals surface area contributed by atoms with E-state index < -0.39 is 22.2 Å². The van der Waals surface area contributed by atoms with Gasteiger partial charge in [-0.15, -0.1) is 0 Å². The number of nitrogens with zero attached hydrogens (tertiary/aromatic N) is 5. The number of hydrogen-bond donors (Lipinski definition) is 1. The first-order chi connectivity index (χ1) is 21.5. The molecule has 0 radical (unpaired) electrons. The van der Waals surface area contributed by atoms with Crippen molar-refractivity contribution < 1.29 is 33.5 Å². The van der Waals surface area contributed by atoms with Crippen molar-refractivity contribution in [3.63, 3.8) is 0 Å². The molecular formula is C32H40N6O8. The van der Waals surface area contributed by atoms with Crippen molar-refractivity contribution in [1.82, 2.24) is 9.80 Å². The molecule has 46 heavy (non-hydrogen) atoms. The van der Waals surface area contributed by atoms with Crippen LogP contribution in [0.2, 0.25) is 0 Å². The second-order valence-corrected chi connectivity index (χ2v) is 13.6. The highest BCUT2D eigenvalue weighted by Crippen LogP contribution is 2.34. The summed E-state index contributed by atoms with van der Waals surface area (Å²) in [7, 11) is 0. The predicted octanol–water partition coefficient (Wildman–Crippen LogP) is 4.72. The van der Waals surface area contributed by atoms with Crippen LogP contribution < -0.4 is 15.2 Å². The Morgan fingerprint density at radius 1 is 0.783 bits per heavy atom. The molecule has 0 saturated carbocycles. The molecule has 6 rings (SSSR count). The second-order valence-electron chi connectivity index (χ2n) is 13.6. The smallest absolute Gasteiger partial charge is 0.410 e. The van der Waals surface area contributed by atoms with Crippen LogP contribution in [0.3, 0.4) is 0 Å². The summed E-state index contributed by atoms with van der Waals surface area (Å²) >= 11 is 0. The largest absolute Gasteiger partial charge is 0.485 e. The van der Waals surface area contributed by atoms with Gasteiger partial charge in [-0.05, 0) is 76.4 Å². The van der Waals surface area contributed by atoms with Crippen molar-refractivity contribution >= 4 is 36.0 Å². The first-order valence-electron chi connectivity index (χ1n) is 15.1. The molecule has 0 aliphatic carbocycles. The molecular weight excluding hydrogens is 596 g/mol. The molecule has 14 nitrogen and oxygen atoms in total. The van der Waals surface area contributed by atoms with E-state index >= 15 is 0 Å². The quantitative estimate of drug-likeness (QED) is 0.277. The summed E-state index contributed by atoms with van der Waals surface area (Å²) in [4.78, 5) is 46.0. The topological polar surface area (TPSA) is 171 Å². The van der Waals surface area contributed by atoms with Gasteiger partial charge < -0.3 is 34.5 Å². The van der Waals surface area contributed by atoms with E-state index in [0.717, 1.165) is 22.3 Å². The molecule has 4 aliphatic rings. The standard InChI is InChI=1S/C16H19N3O5.C16H21N3O3/c1-16(2,3)24-15(20)18-8-12(9-18)23-14-5-11-7-17-6-10(11)4-13(14)19(21)22;1-16(2,3)22-15(20)19-8-12(9-19)21-14-5-11-7-18-6-10(11)4-13(14)17/h4-6,12H,7-9H2,1-3H3;4-6,12H,7-9,17H2,1-3H3. The van der Waals surface area contributed by atoms with Crippen LogP contribution in [0.5, 0.6) is 11.5 Å². The molecule has 2 saturated heterocycles. The number of anilines is 1. The molecule has 2 fully saturated rings. The van der Waals surface area contributed by atoms with Crippen molar-refractivity contribution in [1.29, 1.82) is 0 Å². The summed E-state index contributed by atoms with van der Waals surface area (Å²) in [5, 5.41) is 11.2. The van der Waals surface area contributed by atoms with Crippen LogP contribution in [0.1, 0.15) is 63.8 Å². The van der Waals surface area contributed by atoms with E-state index in [2.05, 4.69) is 9.98 Å². The minimum atomic E-state index is -0.554. The van der Waals surface area contributed by atoms with Gasteiger partial charge in [-0.1, -0.05) is 0 Å². The fourth-order valence-corrected chi connectivity index (χ4v) is 4.96. The molecule has 246 valence electrons. The third kappa shape index (κ3) is 7.85. The third-order valence-corrected chi connectivity index (χ3v) is 7.26. The first kappa shape index (κ1) is 32.5. The van der Waals surface area contributed by atoms with Crippen LogP contribution in [0.15, 0.2) is 34.3 Å². The monoisotopic (exact) mass is 636 g/mol. The Balaban J connectivity index is 0.000000182. The number of aliphatic imine (C=N–C) groups is 2. The van der Waals surface area contributed by atoms with Gasteiger partial charge in [0.1, 0.15) is 29.2 Å². The Bertz CT molecular complexity index is 1580. The fourth-order valence-electron chi connectivity index (χ4n) is 4.96. The zero-order chi connectivity index (χ0) is 33.4. The third-order valence-electron chi connectivity index (χ3n) is 7.26. The Labute approximate surface area is 267 Å². The first-order valence-corrected chi connectivity index (χ1v) is 15.1. The van der Waals surface area contributed by atoms with Gasteiger partial charge >= 0.3 is 17.9 Å². The van der Waals surface area contributed by atoms with Gasteiger partial charge in [0.25, 0.3) is 0 Å². The van der Waals surface area contributed by atoms with Crippen LogP contribution >= 0.6 is 0 Å². The van der Waals surface area contributed by atoms with Gasteiger partial charge in [0.05, 0.1) is 49.9 Å². The average molecular weight is 637 g/mol. The van der Waals surface area contributed by atoms with Crippen LogP contribution in [-0.4, -0.2) is 88.9 Å². The van der Waals surface area contributed by atoms with Crippen molar-refractivity contribution in [2.75, 3.05) is 31.9 Å². The second kappa shape index (κ2) is 12.5. The number of benzene rings is 2. The number of carbonyl (C=O) groups excluding carboxylic acids is 2. The average Bonchev–Trinajstić information content (AvgIpc) is 3.53. The molecule has 14 heteroatoms. The highest BCUT2D eigenvalue weighted by molar-refractivity contribution is 5.87. The Hall–Kier alpha value is -4.88. The minimum Gasteiger partial charge on any atom is -0.485 e. The Morgan fingerprint density at radius 3 is 1.67 bits per heavy atom. The lowest BCUT2D eigenvalue weighted by atomic mass is 10.1. The molecule has 0 spiro atoms. The van der Waals surface area contributed by atoms with E-state index in [4.69, 9.17) is 24.7 Å². The number of amides is 2. The normalized spacial score (nSPS) is 16.8. The number of nitro benzene ring substituents is 1. The van der Waals surface area contributed by atoms with Gasteiger partial charge in [0.2, 0.25) is 0 Å². The molecule has 0 bridgehead atoms. The molecule has 2 aromatic carbocycles. The van der Waals surface area contributed by atoms with E-state index in [1.165, 1.54) is 11.0 Å². The Kier molecular flexibility index (Phi) is 8.83.